The van der Waals surface area contributed by atoms with Gasteiger partial charge in [0.15, 0.2) is 0 Å². The van der Waals surface area contributed by atoms with Crippen molar-refractivity contribution in [3.63, 3.8) is 0 Å². The van der Waals surface area contributed by atoms with Crippen LogP contribution in [0.2, 0.25) is 0 Å². The molecule has 1 aromatic heterocycles. The maximum atomic E-state index is 13.8. The van der Waals surface area contributed by atoms with Crippen molar-refractivity contribution in [1.82, 2.24) is 9.88 Å². The summed E-state index contributed by atoms with van der Waals surface area (Å²) in [4.78, 5) is 31.6. The molecular formula is C30H32N2O4. The largest absolute Gasteiger partial charge is 0.497 e. The zero-order chi connectivity index (χ0) is 25.8. The van der Waals surface area contributed by atoms with E-state index >= 15 is 0 Å². The highest BCUT2D eigenvalue weighted by Gasteiger charge is 2.20. The molecule has 0 spiro atoms. The summed E-state index contributed by atoms with van der Waals surface area (Å²) in [5.74, 6) is 0.872. The lowest BCUT2D eigenvalue weighted by atomic mass is 10.0. The molecule has 1 N–H and O–H groups in total. The first-order chi connectivity index (χ1) is 17.3. The first-order valence-corrected chi connectivity index (χ1v) is 12.0. The summed E-state index contributed by atoms with van der Waals surface area (Å²) in [7, 11) is 3.11. The third-order valence-electron chi connectivity index (χ3n) is 6.52. The van der Waals surface area contributed by atoms with Gasteiger partial charge in [0, 0.05) is 29.1 Å². The molecule has 0 radical (unpaired) electrons. The van der Waals surface area contributed by atoms with Crippen LogP contribution in [0.25, 0.3) is 10.9 Å². The van der Waals surface area contributed by atoms with Gasteiger partial charge in [-0.3, -0.25) is 9.59 Å². The summed E-state index contributed by atoms with van der Waals surface area (Å²) in [6.07, 6.45) is 0.665. The minimum atomic E-state index is -0.194. The number of carbonyl (C=O) groups excluding carboxylic acids is 1. The number of benzene rings is 3. The van der Waals surface area contributed by atoms with E-state index in [-0.39, 0.29) is 18.0 Å². The topological polar surface area (TPSA) is 71.6 Å². The van der Waals surface area contributed by atoms with Gasteiger partial charge in [-0.2, -0.15) is 0 Å². The number of aromatic nitrogens is 1. The Kier molecular flexibility index (Phi) is 7.44. The van der Waals surface area contributed by atoms with Crippen LogP contribution < -0.4 is 15.0 Å². The average molecular weight is 485 g/mol. The number of methoxy groups -OCH3 is 2. The van der Waals surface area contributed by atoms with Crippen molar-refractivity contribution in [3.05, 3.63) is 104 Å². The Morgan fingerprint density at radius 1 is 0.889 bits per heavy atom. The first-order valence-electron chi connectivity index (χ1n) is 12.0. The van der Waals surface area contributed by atoms with Gasteiger partial charge in [0.25, 0.3) is 11.5 Å². The minimum absolute atomic E-state index is 0.183. The lowest BCUT2D eigenvalue weighted by Crippen LogP contribution is -2.34. The van der Waals surface area contributed by atoms with Crippen molar-refractivity contribution in [1.29, 1.82) is 0 Å². The van der Waals surface area contributed by atoms with Gasteiger partial charge in [0.2, 0.25) is 0 Å². The second kappa shape index (κ2) is 10.7. The summed E-state index contributed by atoms with van der Waals surface area (Å²) in [5.41, 5.74) is 6.02. The second-order valence-electron chi connectivity index (χ2n) is 9.18. The fraction of sp³-hybridized carbons (Fsp3) is 0.267. The fourth-order valence-corrected chi connectivity index (χ4v) is 4.44. The Labute approximate surface area is 211 Å². The fourth-order valence-electron chi connectivity index (χ4n) is 4.44. The molecule has 1 heterocycles. The zero-order valence-corrected chi connectivity index (χ0v) is 21.5. The molecule has 0 saturated heterocycles. The van der Waals surface area contributed by atoms with E-state index in [1.807, 2.05) is 51.1 Å². The molecule has 0 aliphatic rings. The van der Waals surface area contributed by atoms with Crippen LogP contribution in [0.1, 0.15) is 38.2 Å². The van der Waals surface area contributed by atoms with E-state index in [0.29, 0.717) is 35.6 Å². The van der Waals surface area contributed by atoms with E-state index in [1.54, 1.807) is 37.3 Å². The Bertz CT molecular complexity index is 1450. The summed E-state index contributed by atoms with van der Waals surface area (Å²) < 4.78 is 10.7. The van der Waals surface area contributed by atoms with Gasteiger partial charge in [-0.1, -0.05) is 42.0 Å². The molecule has 1 amide bonds. The SMILES string of the molecule is COc1cc(OC)cc(C(=O)N(CCc2cccc(C)c2)Cc2cc3c(C)ccc(C)c3[nH]c2=O)c1. The van der Waals surface area contributed by atoms with E-state index in [1.165, 1.54) is 5.56 Å². The van der Waals surface area contributed by atoms with Crippen LogP contribution in [0.5, 0.6) is 11.5 Å². The van der Waals surface area contributed by atoms with Crippen LogP contribution in [0.4, 0.5) is 0 Å². The van der Waals surface area contributed by atoms with Crippen molar-refractivity contribution < 1.29 is 14.3 Å². The number of carbonyl (C=O) groups is 1. The van der Waals surface area contributed by atoms with E-state index in [4.69, 9.17) is 9.47 Å². The third kappa shape index (κ3) is 5.43. The molecule has 0 bridgehead atoms. The average Bonchev–Trinajstić information content (AvgIpc) is 2.88. The van der Waals surface area contributed by atoms with Crippen molar-refractivity contribution in [2.75, 3.05) is 20.8 Å². The molecule has 0 atom stereocenters. The van der Waals surface area contributed by atoms with E-state index < -0.39 is 0 Å². The molecule has 186 valence electrons. The van der Waals surface area contributed by atoms with Crippen LogP contribution in [0, 0.1) is 20.8 Å². The minimum Gasteiger partial charge on any atom is -0.497 e. The van der Waals surface area contributed by atoms with Crippen LogP contribution in [-0.2, 0) is 13.0 Å². The Morgan fingerprint density at radius 3 is 2.25 bits per heavy atom. The smallest absolute Gasteiger partial charge is 0.254 e. The molecular weight excluding hydrogens is 452 g/mol. The van der Waals surface area contributed by atoms with E-state index in [9.17, 15) is 9.59 Å². The number of hydrogen-bond acceptors (Lipinski definition) is 4. The van der Waals surface area contributed by atoms with Gasteiger partial charge in [-0.25, -0.2) is 0 Å². The molecule has 0 aliphatic carbocycles. The molecule has 0 unspecified atom stereocenters. The van der Waals surface area contributed by atoms with Crippen LogP contribution in [-0.4, -0.2) is 36.6 Å². The molecule has 0 aliphatic heterocycles. The molecule has 36 heavy (non-hydrogen) atoms. The highest BCUT2D eigenvalue weighted by Crippen LogP contribution is 2.25. The number of amides is 1. The lowest BCUT2D eigenvalue weighted by Gasteiger charge is -2.24. The van der Waals surface area contributed by atoms with E-state index in [0.717, 1.165) is 27.6 Å². The van der Waals surface area contributed by atoms with Crippen LogP contribution in [0.3, 0.4) is 0 Å². The highest BCUT2D eigenvalue weighted by atomic mass is 16.5. The number of rotatable bonds is 8. The third-order valence-corrected chi connectivity index (χ3v) is 6.52. The van der Waals surface area contributed by atoms with Gasteiger partial charge in [-0.05, 0) is 62.1 Å². The summed E-state index contributed by atoms with van der Waals surface area (Å²) in [6.45, 7) is 6.68. The number of H-pyrrole nitrogens is 1. The number of fused-ring (bicyclic) bond motifs is 1. The molecule has 3 aromatic carbocycles. The summed E-state index contributed by atoms with van der Waals surface area (Å²) >= 11 is 0. The highest BCUT2D eigenvalue weighted by molar-refractivity contribution is 5.95. The van der Waals surface area contributed by atoms with E-state index in [2.05, 4.69) is 17.1 Å². The normalized spacial score (nSPS) is 10.9. The number of ether oxygens (including phenoxy) is 2. The second-order valence-corrected chi connectivity index (χ2v) is 9.18. The molecule has 0 fully saturated rings. The zero-order valence-electron chi connectivity index (χ0n) is 21.5. The number of pyridine rings is 1. The van der Waals surface area contributed by atoms with Crippen molar-refractivity contribution in [3.8, 4) is 11.5 Å². The molecule has 4 rings (SSSR count). The Hall–Kier alpha value is -4.06. The standard InChI is InChI=1S/C30H32N2O4/c1-19-7-6-8-22(13-19)11-12-32(30(34)23-14-25(35-4)17-26(15-23)36-5)18-24-16-27-20(2)9-10-21(3)28(27)31-29(24)33/h6-10,13-17H,11-12,18H2,1-5H3,(H,31,33). The first kappa shape index (κ1) is 25.0. The van der Waals surface area contributed by atoms with Gasteiger partial charge in [0.1, 0.15) is 11.5 Å². The predicted molar refractivity (Wildman–Crippen MR) is 143 cm³/mol. The van der Waals surface area contributed by atoms with Crippen LogP contribution in [0.15, 0.2) is 65.5 Å². The summed E-state index contributed by atoms with van der Waals surface area (Å²) in [6, 6.07) is 19.3. The quantitative estimate of drug-likeness (QED) is 0.366. The van der Waals surface area contributed by atoms with Gasteiger partial charge < -0.3 is 19.4 Å². The number of aromatic amines is 1. The number of nitrogens with one attached hydrogen (secondary N) is 1. The van der Waals surface area contributed by atoms with Gasteiger partial charge in [0.05, 0.1) is 26.3 Å². The number of aryl methyl sites for hydroxylation is 3. The molecule has 6 nitrogen and oxygen atoms in total. The Balaban J connectivity index is 1.73. The summed E-state index contributed by atoms with van der Waals surface area (Å²) in [5, 5.41) is 0.985. The van der Waals surface area contributed by atoms with Crippen molar-refractivity contribution in [2.45, 2.75) is 33.7 Å². The molecule has 0 saturated carbocycles. The van der Waals surface area contributed by atoms with Gasteiger partial charge in [-0.15, -0.1) is 0 Å². The lowest BCUT2D eigenvalue weighted by molar-refractivity contribution is 0.0744. The molecule has 6 heteroatoms. The van der Waals surface area contributed by atoms with Crippen molar-refractivity contribution >= 4 is 16.8 Å². The molecule has 4 aromatic rings. The number of hydrogen-bond donors (Lipinski definition) is 1. The maximum Gasteiger partial charge on any atom is 0.254 e. The Morgan fingerprint density at radius 2 is 1.58 bits per heavy atom. The van der Waals surface area contributed by atoms with Crippen molar-refractivity contribution in [2.24, 2.45) is 0 Å². The monoisotopic (exact) mass is 484 g/mol. The van der Waals surface area contributed by atoms with Crippen LogP contribution >= 0.6 is 0 Å². The van der Waals surface area contributed by atoms with Gasteiger partial charge >= 0.3 is 0 Å². The number of nitrogens with zero attached hydrogens (tertiary/aromatic N) is 1. The predicted octanol–water partition coefficient (Wildman–Crippen LogP) is 5.36. The maximum absolute atomic E-state index is 13.8.